The van der Waals surface area contributed by atoms with E-state index in [0.29, 0.717) is 6.61 Å². The van der Waals surface area contributed by atoms with Crippen molar-refractivity contribution in [1.29, 1.82) is 0 Å². The van der Waals surface area contributed by atoms with E-state index in [0.717, 1.165) is 0 Å². The number of aliphatic hydroxyl groups is 1. The molecule has 0 spiro atoms. The SMILES string of the molecule is C=CC(O)COOCC. The van der Waals surface area contributed by atoms with E-state index in [2.05, 4.69) is 16.4 Å². The van der Waals surface area contributed by atoms with Gasteiger partial charge in [-0.05, 0) is 6.92 Å². The van der Waals surface area contributed by atoms with Crippen molar-refractivity contribution in [2.75, 3.05) is 13.2 Å². The third-order valence-electron chi connectivity index (χ3n) is 0.712. The van der Waals surface area contributed by atoms with E-state index in [-0.39, 0.29) is 6.61 Å². The molecular formula is C6H12O3. The van der Waals surface area contributed by atoms with Gasteiger partial charge in [0.1, 0.15) is 6.61 Å². The topological polar surface area (TPSA) is 38.7 Å². The minimum atomic E-state index is -0.628. The van der Waals surface area contributed by atoms with Crippen LogP contribution in [-0.4, -0.2) is 24.4 Å². The van der Waals surface area contributed by atoms with Crippen molar-refractivity contribution >= 4 is 0 Å². The molecule has 0 radical (unpaired) electrons. The lowest BCUT2D eigenvalue weighted by molar-refractivity contribution is -0.299. The van der Waals surface area contributed by atoms with Gasteiger partial charge in [-0.3, -0.25) is 0 Å². The van der Waals surface area contributed by atoms with Gasteiger partial charge >= 0.3 is 0 Å². The average Bonchev–Trinajstić information content (AvgIpc) is 1.89. The van der Waals surface area contributed by atoms with E-state index < -0.39 is 6.10 Å². The third-order valence-corrected chi connectivity index (χ3v) is 0.712. The number of hydrogen-bond acceptors (Lipinski definition) is 3. The van der Waals surface area contributed by atoms with Gasteiger partial charge in [-0.2, -0.15) is 0 Å². The molecule has 0 saturated heterocycles. The first kappa shape index (κ1) is 8.62. The lowest BCUT2D eigenvalue weighted by atomic mass is 10.4. The van der Waals surface area contributed by atoms with E-state index in [9.17, 15) is 0 Å². The highest BCUT2D eigenvalue weighted by atomic mass is 17.2. The fraction of sp³-hybridized carbons (Fsp3) is 0.667. The van der Waals surface area contributed by atoms with E-state index in [1.54, 1.807) is 6.92 Å². The van der Waals surface area contributed by atoms with Crippen LogP contribution in [0.1, 0.15) is 6.92 Å². The highest BCUT2D eigenvalue weighted by Gasteiger charge is 1.95. The summed E-state index contributed by atoms with van der Waals surface area (Å²) >= 11 is 0. The molecule has 0 amide bonds. The monoisotopic (exact) mass is 132 g/mol. The van der Waals surface area contributed by atoms with Crippen LogP contribution in [0, 0.1) is 0 Å². The first-order chi connectivity index (χ1) is 4.31. The van der Waals surface area contributed by atoms with Crippen LogP contribution < -0.4 is 0 Å². The molecular weight excluding hydrogens is 120 g/mol. The zero-order chi connectivity index (χ0) is 7.11. The molecule has 1 unspecified atom stereocenters. The Hall–Kier alpha value is -0.380. The molecule has 0 aromatic carbocycles. The summed E-state index contributed by atoms with van der Waals surface area (Å²) in [7, 11) is 0. The molecule has 0 fully saturated rings. The molecule has 3 heteroatoms. The van der Waals surface area contributed by atoms with Crippen LogP contribution in [0.3, 0.4) is 0 Å². The van der Waals surface area contributed by atoms with Gasteiger partial charge in [-0.25, -0.2) is 9.78 Å². The molecule has 0 aromatic rings. The summed E-state index contributed by atoms with van der Waals surface area (Å²) in [6.07, 6.45) is 0.760. The molecule has 0 aromatic heterocycles. The van der Waals surface area contributed by atoms with Crippen LogP contribution in [0.2, 0.25) is 0 Å². The Balaban J connectivity index is 2.96. The van der Waals surface area contributed by atoms with Crippen molar-refractivity contribution in [2.45, 2.75) is 13.0 Å². The standard InChI is InChI=1S/C6H12O3/c1-3-6(7)5-9-8-4-2/h3,6-7H,1,4-5H2,2H3. The molecule has 0 aliphatic heterocycles. The summed E-state index contributed by atoms with van der Waals surface area (Å²) in [5.74, 6) is 0. The highest BCUT2D eigenvalue weighted by Crippen LogP contribution is 1.85. The molecule has 0 rings (SSSR count). The van der Waals surface area contributed by atoms with Gasteiger partial charge in [-0.1, -0.05) is 6.08 Å². The normalized spacial score (nSPS) is 13.1. The van der Waals surface area contributed by atoms with Crippen LogP contribution in [0.4, 0.5) is 0 Å². The molecule has 0 saturated carbocycles. The fourth-order valence-corrected chi connectivity index (χ4v) is 0.269. The summed E-state index contributed by atoms with van der Waals surface area (Å²) in [6.45, 7) is 5.80. The first-order valence-electron chi connectivity index (χ1n) is 2.86. The lowest BCUT2D eigenvalue weighted by Gasteiger charge is -2.03. The third kappa shape index (κ3) is 5.49. The predicted octanol–water partition coefficient (Wildman–Crippen LogP) is 0.501. The average molecular weight is 132 g/mol. The fourth-order valence-electron chi connectivity index (χ4n) is 0.269. The second-order valence-corrected chi connectivity index (χ2v) is 1.49. The van der Waals surface area contributed by atoms with Crippen molar-refractivity contribution in [3.8, 4) is 0 Å². The Kier molecular flexibility index (Phi) is 5.51. The Morgan fingerprint density at radius 1 is 1.67 bits per heavy atom. The molecule has 0 bridgehead atoms. The molecule has 0 aliphatic carbocycles. The second kappa shape index (κ2) is 5.75. The maximum Gasteiger partial charge on any atom is 0.112 e. The van der Waals surface area contributed by atoms with E-state index >= 15 is 0 Å². The van der Waals surface area contributed by atoms with Crippen LogP contribution in [-0.2, 0) is 9.78 Å². The van der Waals surface area contributed by atoms with E-state index in [4.69, 9.17) is 5.11 Å². The lowest BCUT2D eigenvalue weighted by Crippen LogP contribution is -2.11. The zero-order valence-corrected chi connectivity index (χ0v) is 5.54. The number of rotatable bonds is 5. The minimum absolute atomic E-state index is 0.150. The smallest absolute Gasteiger partial charge is 0.112 e. The molecule has 54 valence electrons. The van der Waals surface area contributed by atoms with Gasteiger partial charge in [0.15, 0.2) is 0 Å². The van der Waals surface area contributed by atoms with Crippen LogP contribution in [0.15, 0.2) is 12.7 Å². The largest absolute Gasteiger partial charge is 0.387 e. The second-order valence-electron chi connectivity index (χ2n) is 1.49. The van der Waals surface area contributed by atoms with Gasteiger partial charge in [0.25, 0.3) is 0 Å². The molecule has 3 nitrogen and oxygen atoms in total. The van der Waals surface area contributed by atoms with Gasteiger partial charge in [0, 0.05) is 0 Å². The molecule has 0 heterocycles. The van der Waals surface area contributed by atoms with Gasteiger partial charge in [0.05, 0.1) is 12.7 Å². The highest BCUT2D eigenvalue weighted by molar-refractivity contribution is 4.76. The van der Waals surface area contributed by atoms with Crippen LogP contribution in [0.25, 0.3) is 0 Å². The molecule has 1 N–H and O–H groups in total. The van der Waals surface area contributed by atoms with Gasteiger partial charge in [-0.15, -0.1) is 6.58 Å². The van der Waals surface area contributed by atoms with Gasteiger partial charge < -0.3 is 5.11 Å². The minimum Gasteiger partial charge on any atom is -0.387 e. The Morgan fingerprint density at radius 3 is 2.78 bits per heavy atom. The van der Waals surface area contributed by atoms with Crippen molar-refractivity contribution < 1.29 is 14.9 Å². The molecule has 0 aliphatic rings. The first-order valence-corrected chi connectivity index (χ1v) is 2.86. The molecule has 1 atom stereocenters. The van der Waals surface area contributed by atoms with E-state index in [1.165, 1.54) is 6.08 Å². The van der Waals surface area contributed by atoms with Crippen molar-refractivity contribution in [2.24, 2.45) is 0 Å². The van der Waals surface area contributed by atoms with Crippen LogP contribution >= 0.6 is 0 Å². The van der Waals surface area contributed by atoms with E-state index in [1.807, 2.05) is 0 Å². The quantitative estimate of drug-likeness (QED) is 0.256. The molecule has 9 heavy (non-hydrogen) atoms. The summed E-state index contributed by atoms with van der Waals surface area (Å²) in [5.41, 5.74) is 0. The van der Waals surface area contributed by atoms with Crippen molar-refractivity contribution in [1.82, 2.24) is 0 Å². The van der Waals surface area contributed by atoms with Crippen molar-refractivity contribution in [3.63, 3.8) is 0 Å². The Bertz CT molecular complexity index is 72.7. The van der Waals surface area contributed by atoms with Crippen molar-refractivity contribution in [3.05, 3.63) is 12.7 Å². The maximum atomic E-state index is 8.76. The summed E-state index contributed by atoms with van der Waals surface area (Å²) < 4.78 is 0. The maximum absolute atomic E-state index is 8.76. The predicted molar refractivity (Wildman–Crippen MR) is 33.8 cm³/mol. The Morgan fingerprint density at radius 2 is 2.33 bits per heavy atom. The summed E-state index contributed by atoms with van der Waals surface area (Å²) in [6, 6.07) is 0. The van der Waals surface area contributed by atoms with Crippen LogP contribution in [0.5, 0.6) is 0 Å². The number of hydrogen-bond donors (Lipinski definition) is 1. The zero-order valence-electron chi connectivity index (χ0n) is 5.54. The summed E-state index contributed by atoms with van der Waals surface area (Å²) in [5, 5.41) is 8.76. The Labute approximate surface area is 54.8 Å². The van der Waals surface area contributed by atoms with Gasteiger partial charge in [0.2, 0.25) is 0 Å². The number of aliphatic hydroxyl groups excluding tert-OH is 1. The summed E-state index contributed by atoms with van der Waals surface area (Å²) in [4.78, 5) is 9.01.